The van der Waals surface area contributed by atoms with Crippen LogP contribution in [0.5, 0.6) is 11.5 Å². The molecule has 5 nitrogen and oxygen atoms in total. The van der Waals surface area contributed by atoms with E-state index in [0.717, 1.165) is 16.3 Å². The molecule has 0 spiro atoms. The molecule has 2 aromatic heterocycles. The van der Waals surface area contributed by atoms with Crippen LogP contribution in [0.1, 0.15) is 5.01 Å². The van der Waals surface area contributed by atoms with Gasteiger partial charge in [0.05, 0.1) is 23.5 Å². The van der Waals surface area contributed by atoms with Gasteiger partial charge in [-0.3, -0.25) is 0 Å². The Balaban J connectivity index is 2.15. The van der Waals surface area contributed by atoms with Crippen molar-refractivity contribution in [2.45, 2.75) is 6.92 Å². The molecule has 6 heteroatoms. The zero-order valence-electron chi connectivity index (χ0n) is 11.6. The van der Waals surface area contributed by atoms with Crippen LogP contribution in [0.15, 0.2) is 36.1 Å². The van der Waals surface area contributed by atoms with Crippen LogP contribution in [0.3, 0.4) is 0 Å². The summed E-state index contributed by atoms with van der Waals surface area (Å²) in [5.74, 6) is 0.706. The Morgan fingerprint density at radius 2 is 2.10 bits per heavy atom. The average molecular weight is 299 g/mol. The molecule has 0 atom stereocenters. The largest absolute Gasteiger partial charge is 0.507 e. The first-order chi connectivity index (χ1) is 10.2. The quantitative estimate of drug-likeness (QED) is 0.803. The maximum absolute atomic E-state index is 10.2. The third kappa shape index (κ3) is 2.57. The number of aromatic nitrogens is 3. The van der Waals surface area contributed by atoms with Crippen LogP contribution < -0.4 is 4.74 Å². The first-order valence-corrected chi connectivity index (χ1v) is 7.17. The molecule has 0 aliphatic heterocycles. The Kier molecular flexibility index (Phi) is 3.53. The molecular weight excluding hydrogens is 286 g/mol. The Hall–Kier alpha value is -2.47. The normalized spacial score (nSPS) is 10.6. The molecule has 0 aliphatic carbocycles. The predicted octanol–water partition coefficient (Wildman–Crippen LogP) is 3.29. The van der Waals surface area contributed by atoms with E-state index < -0.39 is 0 Å². The molecule has 0 radical (unpaired) electrons. The number of phenolic OH excluding ortho intramolecular Hbond substituents is 1. The lowest BCUT2D eigenvalue weighted by Gasteiger charge is -2.09. The molecule has 3 aromatic rings. The number of thiazole rings is 1. The van der Waals surface area contributed by atoms with E-state index in [1.807, 2.05) is 12.3 Å². The summed E-state index contributed by atoms with van der Waals surface area (Å²) in [6, 6.07) is 5.12. The highest BCUT2D eigenvalue weighted by molar-refractivity contribution is 7.09. The molecule has 0 fully saturated rings. The van der Waals surface area contributed by atoms with Gasteiger partial charge < -0.3 is 9.84 Å². The molecule has 3 rings (SSSR count). The number of phenols is 1. The van der Waals surface area contributed by atoms with E-state index in [1.54, 1.807) is 42.8 Å². The summed E-state index contributed by atoms with van der Waals surface area (Å²) in [7, 11) is 1.56. The third-order valence-corrected chi connectivity index (χ3v) is 3.84. The van der Waals surface area contributed by atoms with E-state index in [4.69, 9.17) is 4.74 Å². The van der Waals surface area contributed by atoms with Crippen LogP contribution in [0.4, 0.5) is 0 Å². The molecular formula is C15H13N3O2S. The smallest absolute Gasteiger partial charge is 0.128 e. The fourth-order valence-corrected chi connectivity index (χ4v) is 2.67. The monoisotopic (exact) mass is 299 g/mol. The number of rotatable bonds is 3. The highest BCUT2D eigenvalue weighted by atomic mass is 32.1. The highest BCUT2D eigenvalue weighted by Crippen LogP contribution is 2.36. The van der Waals surface area contributed by atoms with Crippen molar-refractivity contribution in [3.63, 3.8) is 0 Å². The summed E-state index contributed by atoms with van der Waals surface area (Å²) in [6.45, 7) is 1.95. The van der Waals surface area contributed by atoms with Crippen molar-refractivity contribution in [3.8, 4) is 34.0 Å². The second kappa shape index (κ2) is 5.49. The van der Waals surface area contributed by atoms with E-state index in [0.29, 0.717) is 17.0 Å². The van der Waals surface area contributed by atoms with Gasteiger partial charge in [0.2, 0.25) is 0 Å². The van der Waals surface area contributed by atoms with Gasteiger partial charge in [-0.15, -0.1) is 11.3 Å². The fraction of sp³-hybridized carbons (Fsp3) is 0.133. The zero-order valence-corrected chi connectivity index (χ0v) is 12.4. The van der Waals surface area contributed by atoms with Crippen LogP contribution in [0.2, 0.25) is 0 Å². The van der Waals surface area contributed by atoms with Crippen LogP contribution in [-0.2, 0) is 0 Å². The van der Waals surface area contributed by atoms with E-state index in [9.17, 15) is 5.11 Å². The van der Waals surface area contributed by atoms with E-state index in [-0.39, 0.29) is 5.75 Å². The third-order valence-electron chi connectivity index (χ3n) is 3.07. The van der Waals surface area contributed by atoms with E-state index >= 15 is 0 Å². The summed E-state index contributed by atoms with van der Waals surface area (Å²) in [5, 5.41) is 13.1. The van der Waals surface area contributed by atoms with Crippen LogP contribution in [0.25, 0.3) is 22.5 Å². The van der Waals surface area contributed by atoms with Crippen molar-refractivity contribution >= 4 is 11.3 Å². The molecule has 106 valence electrons. The highest BCUT2D eigenvalue weighted by Gasteiger charge is 2.15. The van der Waals surface area contributed by atoms with Gasteiger partial charge in [-0.05, 0) is 19.1 Å². The standard InChI is InChI=1S/C15H13N3O2S/c1-9-18-13(7-21-9)12-6-16-8-17-15(12)11-4-3-10(20-2)5-14(11)19/h3-8,19H,1-2H3. The zero-order chi connectivity index (χ0) is 14.8. The second-order valence-electron chi connectivity index (χ2n) is 4.42. The van der Waals surface area contributed by atoms with Gasteiger partial charge in [-0.25, -0.2) is 15.0 Å². The van der Waals surface area contributed by atoms with Crippen molar-refractivity contribution in [1.29, 1.82) is 0 Å². The number of hydrogen-bond acceptors (Lipinski definition) is 6. The van der Waals surface area contributed by atoms with Gasteiger partial charge in [0.1, 0.15) is 17.8 Å². The Morgan fingerprint density at radius 3 is 2.76 bits per heavy atom. The number of aryl methyl sites for hydroxylation is 1. The van der Waals surface area contributed by atoms with Gasteiger partial charge in [-0.1, -0.05) is 0 Å². The summed E-state index contributed by atoms with van der Waals surface area (Å²) < 4.78 is 5.10. The predicted molar refractivity (Wildman–Crippen MR) is 81.5 cm³/mol. The van der Waals surface area contributed by atoms with Crippen molar-refractivity contribution in [2.24, 2.45) is 0 Å². The molecule has 21 heavy (non-hydrogen) atoms. The first kappa shape index (κ1) is 13.5. The lowest BCUT2D eigenvalue weighted by molar-refractivity contribution is 0.408. The fourth-order valence-electron chi connectivity index (χ4n) is 2.06. The van der Waals surface area contributed by atoms with Crippen molar-refractivity contribution in [2.75, 3.05) is 7.11 Å². The van der Waals surface area contributed by atoms with Gasteiger partial charge in [0, 0.05) is 28.8 Å². The summed E-state index contributed by atoms with van der Waals surface area (Å²) in [4.78, 5) is 12.8. The number of benzene rings is 1. The Morgan fingerprint density at radius 1 is 1.24 bits per heavy atom. The van der Waals surface area contributed by atoms with Crippen molar-refractivity contribution < 1.29 is 9.84 Å². The summed E-state index contributed by atoms with van der Waals surface area (Å²) >= 11 is 1.56. The number of ether oxygens (including phenoxy) is 1. The minimum Gasteiger partial charge on any atom is -0.507 e. The van der Waals surface area contributed by atoms with Crippen molar-refractivity contribution in [1.82, 2.24) is 15.0 Å². The van der Waals surface area contributed by atoms with Crippen molar-refractivity contribution in [3.05, 3.63) is 41.1 Å². The van der Waals surface area contributed by atoms with Gasteiger partial charge in [-0.2, -0.15) is 0 Å². The average Bonchev–Trinajstić information content (AvgIpc) is 2.93. The molecule has 0 bridgehead atoms. The van der Waals surface area contributed by atoms with E-state index in [2.05, 4.69) is 15.0 Å². The van der Waals surface area contributed by atoms with Crippen LogP contribution in [0, 0.1) is 6.92 Å². The summed E-state index contributed by atoms with van der Waals surface area (Å²) in [6.07, 6.45) is 3.17. The molecule has 0 amide bonds. The lowest BCUT2D eigenvalue weighted by atomic mass is 10.0. The first-order valence-electron chi connectivity index (χ1n) is 6.29. The number of nitrogens with zero attached hydrogens (tertiary/aromatic N) is 3. The van der Waals surface area contributed by atoms with Crippen LogP contribution in [-0.4, -0.2) is 27.2 Å². The van der Waals surface area contributed by atoms with Gasteiger partial charge in [0.25, 0.3) is 0 Å². The number of hydrogen-bond donors (Lipinski definition) is 1. The molecule has 0 saturated carbocycles. The Labute approximate surface area is 125 Å². The van der Waals surface area contributed by atoms with Crippen LogP contribution >= 0.6 is 11.3 Å². The number of methoxy groups -OCH3 is 1. The maximum atomic E-state index is 10.2. The molecule has 1 aromatic carbocycles. The molecule has 0 saturated heterocycles. The molecule has 1 N–H and O–H groups in total. The molecule has 0 unspecified atom stereocenters. The minimum absolute atomic E-state index is 0.112. The molecule has 2 heterocycles. The SMILES string of the molecule is COc1ccc(-c2ncncc2-c2csc(C)n2)c(O)c1. The Bertz CT molecular complexity index is 786. The van der Waals surface area contributed by atoms with Gasteiger partial charge >= 0.3 is 0 Å². The second-order valence-corrected chi connectivity index (χ2v) is 5.48. The van der Waals surface area contributed by atoms with Gasteiger partial charge in [0.15, 0.2) is 0 Å². The molecule has 0 aliphatic rings. The summed E-state index contributed by atoms with van der Waals surface area (Å²) in [5.41, 5.74) is 2.87. The van der Waals surface area contributed by atoms with E-state index in [1.165, 1.54) is 6.33 Å². The maximum Gasteiger partial charge on any atom is 0.128 e. The topological polar surface area (TPSA) is 68.1 Å². The minimum atomic E-state index is 0.112. The lowest BCUT2D eigenvalue weighted by Crippen LogP contribution is -1.92. The number of aromatic hydroxyl groups is 1.